The summed E-state index contributed by atoms with van der Waals surface area (Å²) in [7, 11) is 3.64. The van der Waals surface area contributed by atoms with E-state index in [9.17, 15) is 4.79 Å². The molecule has 1 rings (SSSR count). The third-order valence-electron chi connectivity index (χ3n) is 2.59. The summed E-state index contributed by atoms with van der Waals surface area (Å²) in [5.74, 6) is -0.219. The van der Waals surface area contributed by atoms with E-state index >= 15 is 0 Å². The summed E-state index contributed by atoms with van der Waals surface area (Å²) in [6.07, 6.45) is 1.59. The van der Waals surface area contributed by atoms with E-state index in [0.29, 0.717) is 31.9 Å². The quantitative estimate of drug-likeness (QED) is 0.569. The molecule has 0 spiro atoms. The van der Waals surface area contributed by atoms with Crippen LogP contribution in [0.2, 0.25) is 0 Å². The number of methoxy groups -OCH3 is 1. The van der Waals surface area contributed by atoms with Gasteiger partial charge in [-0.25, -0.2) is 0 Å². The molecule has 0 aliphatic carbocycles. The molecule has 3 N–H and O–H groups in total. The molecule has 8 heteroatoms. The Balaban J connectivity index is 2.26. The largest absolute Gasteiger partial charge is 0.383 e. The van der Waals surface area contributed by atoms with E-state index in [1.165, 1.54) is 0 Å². The van der Waals surface area contributed by atoms with Gasteiger partial charge in [-0.05, 0) is 7.05 Å². The smallest absolute Gasteiger partial charge is 0.273 e. The minimum Gasteiger partial charge on any atom is -0.383 e. The lowest BCUT2D eigenvalue weighted by molar-refractivity contribution is 0.0942. The molecule has 0 bridgehead atoms. The summed E-state index contributed by atoms with van der Waals surface area (Å²) < 4.78 is 6.53. The van der Waals surface area contributed by atoms with Gasteiger partial charge < -0.3 is 20.7 Å². The molecule has 0 fully saturated rings. The number of nitrogens with two attached hydrogens (primary N) is 1. The Bertz CT molecular complexity index is 381. The average Bonchev–Trinajstić information content (AvgIpc) is 2.85. The van der Waals surface area contributed by atoms with Gasteiger partial charge in [-0.3, -0.25) is 9.48 Å². The maximum absolute atomic E-state index is 11.8. The molecule has 0 unspecified atom stereocenters. The van der Waals surface area contributed by atoms with Crippen LogP contribution in [0.25, 0.3) is 0 Å². The molecule has 8 nitrogen and oxygen atoms in total. The van der Waals surface area contributed by atoms with Crippen molar-refractivity contribution in [2.75, 3.05) is 46.9 Å². The summed E-state index contributed by atoms with van der Waals surface area (Å²) >= 11 is 0. The zero-order valence-electron chi connectivity index (χ0n) is 11.5. The van der Waals surface area contributed by atoms with Crippen molar-refractivity contribution in [3.05, 3.63) is 11.9 Å². The van der Waals surface area contributed by atoms with Crippen molar-refractivity contribution in [3.8, 4) is 0 Å². The molecule has 1 aromatic heterocycles. The third-order valence-corrected chi connectivity index (χ3v) is 2.59. The lowest BCUT2D eigenvalue weighted by Crippen LogP contribution is -2.34. The van der Waals surface area contributed by atoms with Crippen LogP contribution in [0, 0.1) is 0 Å². The highest BCUT2D eigenvalue weighted by Gasteiger charge is 2.10. The first kappa shape index (κ1) is 15.5. The van der Waals surface area contributed by atoms with Crippen molar-refractivity contribution >= 4 is 5.91 Å². The molecule has 0 aliphatic rings. The lowest BCUT2D eigenvalue weighted by Gasteiger charge is -2.15. The predicted octanol–water partition coefficient (Wildman–Crippen LogP) is -1.46. The Kier molecular flexibility index (Phi) is 7.01. The van der Waals surface area contributed by atoms with Crippen LogP contribution >= 0.6 is 0 Å². The molecule has 19 heavy (non-hydrogen) atoms. The van der Waals surface area contributed by atoms with Crippen molar-refractivity contribution in [2.24, 2.45) is 5.73 Å². The van der Waals surface area contributed by atoms with Gasteiger partial charge in [0.15, 0.2) is 5.69 Å². The fourth-order valence-electron chi connectivity index (χ4n) is 1.45. The molecule has 0 radical (unpaired) electrons. The number of carbonyl (C=O) groups is 1. The first-order valence-electron chi connectivity index (χ1n) is 6.23. The van der Waals surface area contributed by atoms with Crippen molar-refractivity contribution in [1.29, 1.82) is 0 Å². The van der Waals surface area contributed by atoms with Gasteiger partial charge in [-0.2, -0.15) is 0 Å². The average molecular weight is 270 g/mol. The highest BCUT2D eigenvalue weighted by molar-refractivity contribution is 5.91. The maximum atomic E-state index is 11.8. The van der Waals surface area contributed by atoms with E-state index < -0.39 is 0 Å². The van der Waals surface area contributed by atoms with E-state index in [1.54, 1.807) is 18.0 Å². The van der Waals surface area contributed by atoms with Gasteiger partial charge in [0.1, 0.15) is 0 Å². The van der Waals surface area contributed by atoms with Crippen molar-refractivity contribution < 1.29 is 9.53 Å². The molecule has 108 valence electrons. The Hall–Kier alpha value is -1.51. The van der Waals surface area contributed by atoms with Crippen LogP contribution in [0.1, 0.15) is 10.5 Å². The molecule has 0 atom stereocenters. The fourth-order valence-corrected chi connectivity index (χ4v) is 1.45. The Labute approximate surface area is 112 Å². The van der Waals surface area contributed by atoms with Crippen molar-refractivity contribution in [1.82, 2.24) is 25.2 Å². The van der Waals surface area contributed by atoms with Gasteiger partial charge in [0, 0.05) is 33.3 Å². The van der Waals surface area contributed by atoms with Crippen LogP contribution in [0.5, 0.6) is 0 Å². The van der Waals surface area contributed by atoms with Crippen molar-refractivity contribution in [2.45, 2.75) is 6.54 Å². The Morgan fingerprint density at radius 3 is 3.05 bits per heavy atom. The fraction of sp³-hybridized carbons (Fsp3) is 0.727. The summed E-state index contributed by atoms with van der Waals surface area (Å²) in [4.78, 5) is 13.8. The van der Waals surface area contributed by atoms with E-state index in [2.05, 4.69) is 20.5 Å². The molecule has 1 aromatic rings. The number of hydrogen-bond acceptors (Lipinski definition) is 6. The van der Waals surface area contributed by atoms with Crippen LogP contribution in [-0.2, 0) is 11.3 Å². The SMILES string of the molecule is COCCN(C)CCNC(=O)c1cn(CCN)nn1. The first-order chi connectivity index (χ1) is 9.17. The number of rotatable bonds is 9. The number of ether oxygens (including phenoxy) is 1. The predicted molar refractivity (Wildman–Crippen MR) is 70.8 cm³/mol. The van der Waals surface area contributed by atoms with E-state index in [0.717, 1.165) is 13.1 Å². The maximum Gasteiger partial charge on any atom is 0.273 e. The second-order valence-corrected chi connectivity index (χ2v) is 4.21. The van der Waals surface area contributed by atoms with Crippen molar-refractivity contribution in [3.63, 3.8) is 0 Å². The van der Waals surface area contributed by atoms with Gasteiger partial charge in [0.25, 0.3) is 5.91 Å². The zero-order chi connectivity index (χ0) is 14.1. The van der Waals surface area contributed by atoms with Gasteiger partial charge >= 0.3 is 0 Å². The standard InChI is InChI=1S/C11H22N6O2/c1-16(7-8-19-2)6-4-13-11(18)10-9-17(5-3-12)15-14-10/h9H,3-8,12H2,1-2H3,(H,13,18). The molecular formula is C11H22N6O2. The number of amides is 1. The Morgan fingerprint density at radius 1 is 1.58 bits per heavy atom. The molecular weight excluding hydrogens is 248 g/mol. The third kappa shape index (κ3) is 5.77. The summed E-state index contributed by atoms with van der Waals surface area (Å²) in [5.41, 5.74) is 5.71. The lowest BCUT2D eigenvalue weighted by atomic mass is 10.4. The minimum absolute atomic E-state index is 0.219. The number of nitrogens with one attached hydrogen (secondary N) is 1. The number of nitrogens with zero attached hydrogens (tertiary/aromatic N) is 4. The minimum atomic E-state index is -0.219. The zero-order valence-corrected chi connectivity index (χ0v) is 11.5. The van der Waals surface area contributed by atoms with Crippen LogP contribution in [0.15, 0.2) is 6.20 Å². The molecule has 0 aliphatic heterocycles. The summed E-state index contributed by atoms with van der Waals surface area (Å²) in [5, 5.41) is 10.4. The van der Waals surface area contributed by atoms with Gasteiger partial charge in [0.2, 0.25) is 0 Å². The van der Waals surface area contributed by atoms with E-state index in [1.807, 2.05) is 7.05 Å². The molecule has 0 saturated carbocycles. The van der Waals surface area contributed by atoms with Gasteiger partial charge in [0.05, 0.1) is 19.3 Å². The first-order valence-corrected chi connectivity index (χ1v) is 6.23. The topological polar surface area (TPSA) is 98.3 Å². The van der Waals surface area contributed by atoms with Crippen LogP contribution < -0.4 is 11.1 Å². The van der Waals surface area contributed by atoms with E-state index in [-0.39, 0.29) is 5.91 Å². The van der Waals surface area contributed by atoms with Crippen LogP contribution in [-0.4, -0.2) is 72.7 Å². The molecule has 1 amide bonds. The monoisotopic (exact) mass is 270 g/mol. The second kappa shape index (κ2) is 8.57. The normalized spacial score (nSPS) is 10.9. The second-order valence-electron chi connectivity index (χ2n) is 4.21. The summed E-state index contributed by atoms with van der Waals surface area (Å²) in [6.45, 7) is 3.85. The number of likely N-dealkylation sites (N-methyl/N-ethyl adjacent to an activating group) is 1. The molecule has 1 heterocycles. The highest BCUT2D eigenvalue weighted by atomic mass is 16.5. The number of carbonyl (C=O) groups excluding carboxylic acids is 1. The highest BCUT2D eigenvalue weighted by Crippen LogP contribution is 1.92. The Morgan fingerprint density at radius 2 is 2.37 bits per heavy atom. The van der Waals surface area contributed by atoms with Crippen LogP contribution in [0.3, 0.4) is 0 Å². The number of aromatic nitrogens is 3. The number of hydrogen-bond donors (Lipinski definition) is 2. The molecule has 0 saturated heterocycles. The molecule has 0 aromatic carbocycles. The van der Waals surface area contributed by atoms with Gasteiger partial charge in [-0.15, -0.1) is 5.10 Å². The van der Waals surface area contributed by atoms with Crippen LogP contribution in [0.4, 0.5) is 0 Å². The van der Waals surface area contributed by atoms with Gasteiger partial charge in [-0.1, -0.05) is 5.21 Å². The van der Waals surface area contributed by atoms with E-state index in [4.69, 9.17) is 10.5 Å². The summed E-state index contributed by atoms with van der Waals surface area (Å²) in [6, 6.07) is 0.